The summed E-state index contributed by atoms with van der Waals surface area (Å²) in [6, 6.07) is 4.07. The molecule has 70 valence electrons. The molecule has 2 nitrogen and oxygen atoms in total. The molecule has 2 rings (SSSR count). The standard InChI is InChI=1S/C9H9BrN2.ClH/c1-5-2-6-7(10)4-12-9(6)8(11)3-5;/h2-4,12H,11H2,1H3;1H. The molecular weight excluding hydrogens is 251 g/mol. The molecule has 1 aromatic carbocycles. The maximum atomic E-state index is 5.82. The molecule has 0 radical (unpaired) electrons. The van der Waals surface area contributed by atoms with Crippen molar-refractivity contribution in [2.24, 2.45) is 0 Å². The van der Waals surface area contributed by atoms with Crippen LogP contribution in [0.5, 0.6) is 0 Å². The van der Waals surface area contributed by atoms with Gasteiger partial charge in [0.15, 0.2) is 0 Å². The van der Waals surface area contributed by atoms with Crippen molar-refractivity contribution >= 4 is 44.9 Å². The van der Waals surface area contributed by atoms with Crippen molar-refractivity contribution in [1.82, 2.24) is 4.98 Å². The zero-order valence-electron chi connectivity index (χ0n) is 7.10. The minimum atomic E-state index is 0. The van der Waals surface area contributed by atoms with E-state index < -0.39 is 0 Å². The molecule has 0 aliphatic heterocycles. The number of aromatic amines is 1. The van der Waals surface area contributed by atoms with E-state index in [2.05, 4.69) is 27.0 Å². The Balaban J connectivity index is 0.000000845. The predicted octanol–water partition coefficient (Wildman–Crippen LogP) is 3.24. The fourth-order valence-electron chi connectivity index (χ4n) is 1.38. The molecule has 2 aromatic rings. The molecule has 0 fully saturated rings. The van der Waals surface area contributed by atoms with Crippen LogP contribution in [0.25, 0.3) is 10.9 Å². The Morgan fingerprint density at radius 1 is 1.38 bits per heavy atom. The van der Waals surface area contributed by atoms with Gasteiger partial charge in [0.2, 0.25) is 0 Å². The minimum absolute atomic E-state index is 0. The highest BCUT2D eigenvalue weighted by Gasteiger charge is 2.03. The molecule has 1 aromatic heterocycles. The number of H-pyrrole nitrogens is 1. The van der Waals surface area contributed by atoms with Gasteiger partial charge in [-0.2, -0.15) is 0 Å². The first kappa shape index (κ1) is 10.4. The lowest BCUT2D eigenvalue weighted by molar-refractivity contribution is 1.45. The molecule has 1 heterocycles. The topological polar surface area (TPSA) is 41.8 Å². The summed E-state index contributed by atoms with van der Waals surface area (Å²) < 4.78 is 1.06. The molecule has 4 heteroatoms. The van der Waals surface area contributed by atoms with Gasteiger partial charge in [-0.05, 0) is 40.5 Å². The Labute approximate surface area is 91.0 Å². The summed E-state index contributed by atoms with van der Waals surface area (Å²) in [6.45, 7) is 2.04. The Morgan fingerprint density at radius 3 is 2.77 bits per heavy atom. The average Bonchev–Trinajstić information content (AvgIpc) is 2.33. The maximum absolute atomic E-state index is 5.82. The molecule has 0 saturated carbocycles. The van der Waals surface area contributed by atoms with Crippen molar-refractivity contribution in [3.8, 4) is 0 Å². The van der Waals surface area contributed by atoms with Crippen LogP contribution in [0.3, 0.4) is 0 Å². The van der Waals surface area contributed by atoms with E-state index >= 15 is 0 Å². The van der Waals surface area contributed by atoms with E-state index in [9.17, 15) is 0 Å². The van der Waals surface area contributed by atoms with Gasteiger partial charge in [-0.15, -0.1) is 12.4 Å². The highest BCUT2D eigenvalue weighted by atomic mass is 79.9. The molecular formula is C9H10BrClN2. The van der Waals surface area contributed by atoms with E-state index in [0.717, 1.165) is 21.1 Å². The predicted molar refractivity (Wildman–Crippen MR) is 62.4 cm³/mol. The van der Waals surface area contributed by atoms with Gasteiger partial charge in [0, 0.05) is 16.1 Å². The smallest absolute Gasteiger partial charge is 0.0699 e. The number of aromatic nitrogens is 1. The van der Waals surface area contributed by atoms with Gasteiger partial charge in [0.1, 0.15) is 0 Å². The number of fused-ring (bicyclic) bond motifs is 1. The lowest BCUT2D eigenvalue weighted by Gasteiger charge is -1.98. The van der Waals surface area contributed by atoms with Crippen LogP contribution in [0.1, 0.15) is 5.56 Å². The van der Waals surface area contributed by atoms with Crippen molar-refractivity contribution in [2.45, 2.75) is 6.92 Å². The number of rotatable bonds is 0. The molecule has 0 unspecified atom stereocenters. The number of aryl methyl sites for hydroxylation is 1. The van der Waals surface area contributed by atoms with Crippen LogP contribution < -0.4 is 5.73 Å². The average molecular weight is 262 g/mol. The van der Waals surface area contributed by atoms with Gasteiger partial charge >= 0.3 is 0 Å². The Bertz CT molecular complexity index is 436. The fraction of sp³-hybridized carbons (Fsp3) is 0.111. The summed E-state index contributed by atoms with van der Waals surface area (Å²) in [5.74, 6) is 0. The van der Waals surface area contributed by atoms with Crippen LogP contribution in [-0.4, -0.2) is 4.98 Å². The van der Waals surface area contributed by atoms with Gasteiger partial charge < -0.3 is 10.7 Å². The molecule has 0 atom stereocenters. The number of nitrogens with two attached hydrogens (primary N) is 1. The van der Waals surface area contributed by atoms with Gasteiger partial charge in [0.05, 0.1) is 11.2 Å². The number of benzene rings is 1. The normalized spacial score (nSPS) is 10.0. The zero-order chi connectivity index (χ0) is 8.72. The monoisotopic (exact) mass is 260 g/mol. The van der Waals surface area contributed by atoms with Crippen LogP contribution in [0.2, 0.25) is 0 Å². The third-order valence-corrected chi connectivity index (χ3v) is 2.57. The van der Waals surface area contributed by atoms with E-state index in [-0.39, 0.29) is 12.4 Å². The molecule has 0 aliphatic carbocycles. The van der Waals surface area contributed by atoms with Crippen LogP contribution in [0.15, 0.2) is 22.8 Å². The summed E-state index contributed by atoms with van der Waals surface area (Å²) >= 11 is 3.45. The quantitative estimate of drug-likeness (QED) is 0.702. The van der Waals surface area contributed by atoms with Crippen LogP contribution in [-0.2, 0) is 0 Å². The van der Waals surface area contributed by atoms with E-state index in [4.69, 9.17) is 5.73 Å². The number of nitrogen functional groups attached to an aromatic ring is 1. The summed E-state index contributed by atoms with van der Waals surface area (Å²) in [7, 11) is 0. The highest BCUT2D eigenvalue weighted by Crippen LogP contribution is 2.28. The first-order chi connectivity index (χ1) is 5.68. The van der Waals surface area contributed by atoms with Crippen molar-refractivity contribution in [2.75, 3.05) is 5.73 Å². The maximum Gasteiger partial charge on any atom is 0.0699 e. The second-order valence-corrected chi connectivity index (χ2v) is 3.77. The SMILES string of the molecule is Cc1cc(N)c2[nH]cc(Br)c2c1.Cl. The third-order valence-electron chi connectivity index (χ3n) is 1.91. The third kappa shape index (κ3) is 1.67. The van der Waals surface area contributed by atoms with Crippen LogP contribution in [0, 0.1) is 6.92 Å². The summed E-state index contributed by atoms with van der Waals surface area (Å²) in [5, 5.41) is 1.15. The van der Waals surface area contributed by atoms with E-state index in [1.165, 1.54) is 5.56 Å². The number of hydrogen-bond acceptors (Lipinski definition) is 1. The van der Waals surface area contributed by atoms with E-state index in [0.29, 0.717) is 0 Å². The second kappa shape index (κ2) is 3.60. The first-order valence-corrected chi connectivity index (χ1v) is 4.50. The minimum Gasteiger partial charge on any atom is -0.397 e. The summed E-state index contributed by atoms with van der Waals surface area (Å²) in [6.07, 6.45) is 1.90. The van der Waals surface area contributed by atoms with Gasteiger partial charge in [0.25, 0.3) is 0 Å². The molecule has 0 spiro atoms. The molecule has 0 bridgehead atoms. The van der Waals surface area contributed by atoms with E-state index in [1.807, 2.05) is 19.2 Å². The number of anilines is 1. The number of halogens is 2. The summed E-state index contributed by atoms with van der Waals surface area (Å²) in [4.78, 5) is 3.11. The van der Waals surface area contributed by atoms with Gasteiger partial charge in [-0.3, -0.25) is 0 Å². The first-order valence-electron chi connectivity index (χ1n) is 3.71. The van der Waals surface area contributed by atoms with Crippen LogP contribution in [0.4, 0.5) is 5.69 Å². The van der Waals surface area contributed by atoms with Crippen LogP contribution >= 0.6 is 28.3 Å². The molecule has 0 amide bonds. The second-order valence-electron chi connectivity index (χ2n) is 2.91. The molecule has 3 N–H and O–H groups in total. The fourth-order valence-corrected chi connectivity index (χ4v) is 1.80. The van der Waals surface area contributed by atoms with Gasteiger partial charge in [-0.25, -0.2) is 0 Å². The molecule has 0 aliphatic rings. The molecule has 0 saturated heterocycles. The molecule has 13 heavy (non-hydrogen) atoms. The number of hydrogen-bond donors (Lipinski definition) is 2. The summed E-state index contributed by atoms with van der Waals surface area (Å²) in [5.41, 5.74) is 8.81. The zero-order valence-corrected chi connectivity index (χ0v) is 9.50. The van der Waals surface area contributed by atoms with Gasteiger partial charge in [-0.1, -0.05) is 0 Å². The Morgan fingerprint density at radius 2 is 2.08 bits per heavy atom. The lowest BCUT2D eigenvalue weighted by Crippen LogP contribution is -1.87. The largest absolute Gasteiger partial charge is 0.397 e. The number of nitrogens with one attached hydrogen (secondary N) is 1. The van der Waals surface area contributed by atoms with Crippen molar-refractivity contribution in [3.05, 3.63) is 28.4 Å². The Kier molecular flexibility index (Phi) is 2.88. The van der Waals surface area contributed by atoms with Crippen molar-refractivity contribution in [3.63, 3.8) is 0 Å². The Hall–Kier alpha value is -0.670. The van der Waals surface area contributed by atoms with Crippen molar-refractivity contribution < 1.29 is 0 Å². The highest BCUT2D eigenvalue weighted by molar-refractivity contribution is 9.10. The van der Waals surface area contributed by atoms with E-state index in [1.54, 1.807) is 0 Å². The lowest BCUT2D eigenvalue weighted by atomic mass is 10.1. The van der Waals surface area contributed by atoms with Crippen molar-refractivity contribution in [1.29, 1.82) is 0 Å².